The highest BCUT2D eigenvalue weighted by Gasteiger charge is 2.48. The molecule has 16 nitrogen and oxygen atoms in total. The van der Waals surface area contributed by atoms with Crippen molar-refractivity contribution in [2.45, 2.75) is 63.5 Å². The summed E-state index contributed by atoms with van der Waals surface area (Å²) in [6.07, 6.45) is 3.54. The number of nitrogens with two attached hydrogens (primary N) is 1. The summed E-state index contributed by atoms with van der Waals surface area (Å²) < 4.78 is 50.3. The molecule has 3 fully saturated rings. The number of rotatable bonds is 11. The van der Waals surface area contributed by atoms with Gasteiger partial charge in [0.1, 0.15) is 17.3 Å². The number of fused-ring (bicyclic) bond motifs is 1. The van der Waals surface area contributed by atoms with Crippen molar-refractivity contribution in [1.82, 2.24) is 30.6 Å². The molecule has 3 saturated heterocycles. The summed E-state index contributed by atoms with van der Waals surface area (Å²) in [5, 5.41) is 7.28. The second-order valence-corrected chi connectivity index (χ2v) is 16.2. The molecule has 3 aromatic rings. The molecular formula is C41H52F3N11O5. The van der Waals surface area contributed by atoms with Gasteiger partial charge in [-0.1, -0.05) is 6.07 Å². The predicted molar refractivity (Wildman–Crippen MR) is 219 cm³/mol. The number of amides is 4. The van der Waals surface area contributed by atoms with Crippen molar-refractivity contribution >= 4 is 52.5 Å². The van der Waals surface area contributed by atoms with Crippen molar-refractivity contribution in [1.29, 1.82) is 0 Å². The molecule has 4 aliphatic rings. The van der Waals surface area contributed by atoms with E-state index in [9.17, 15) is 28.0 Å². The van der Waals surface area contributed by atoms with Crippen LogP contribution < -0.4 is 41.2 Å². The molecule has 19 heteroatoms. The van der Waals surface area contributed by atoms with Crippen LogP contribution in [0.15, 0.2) is 42.6 Å². The molecule has 7 rings (SSSR count). The molecule has 0 bridgehead atoms. The Morgan fingerprint density at radius 1 is 1.02 bits per heavy atom. The molecule has 2 unspecified atom stereocenters. The van der Waals surface area contributed by atoms with Crippen LogP contribution in [-0.4, -0.2) is 128 Å². The predicted octanol–water partition coefficient (Wildman–Crippen LogP) is 3.22. The van der Waals surface area contributed by atoms with Gasteiger partial charge >= 0.3 is 5.92 Å². The van der Waals surface area contributed by atoms with Gasteiger partial charge < -0.3 is 30.5 Å². The molecule has 4 amide bonds. The summed E-state index contributed by atoms with van der Waals surface area (Å²) in [6, 6.07) is 9.32. The number of carbonyl (C=O) groups excluding carboxylic acids is 4. The largest absolute Gasteiger partial charge is 0.495 e. The van der Waals surface area contributed by atoms with E-state index in [4.69, 9.17) is 10.5 Å². The molecule has 2 atom stereocenters. The number of methoxy groups -OCH3 is 1. The van der Waals surface area contributed by atoms with Crippen molar-refractivity contribution in [3.63, 3.8) is 0 Å². The number of hydrogen-bond acceptors (Lipinski definition) is 13. The molecule has 5 N–H and O–H groups in total. The van der Waals surface area contributed by atoms with Gasteiger partial charge in [0.2, 0.25) is 17.8 Å². The summed E-state index contributed by atoms with van der Waals surface area (Å²) in [6.45, 7) is 7.34. The number of halogens is 3. The second-order valence-electron chi connectivity index (χ2n) is 16.2. The minimum atomic E-state index is -3.61. The third-order valence-electron chi connectivity index (χ3n) is 11.9. The zero-order valence-electron chi connectivity index (χ0n) is 34.2. The molecule has 0 saturated carbocycles. The van der Waals surface area contributed by atoms with Crippen LogP contribution in [0.1, 0.15) is 61.4 Å². The highest BCUT2D eigenvalue weighted by molar-refractivity contribution is 6.02. The van der Waals surface area contributed by atoms with Gasteiger partial charge in [0.05, 0.1) is 37.1 Å². The van der Waals surface area contributed by atoms with Crippen LogP contribution in [-0.2, 0) is 14.4 Å². The van der Waals surface area contributed by atoms with Crippen molar-refractivity contribution in [2.75, 3.05) is 86.5 Å². The van der Waals surface area contributed by atoms with Crippen molar-refractivity contribution in [2.24, 2.45) is 11.7 Å². The summed E-state index contributed by atoms with van der Waals surface area (Å²) >= 11 is 0. The minimum Gasteiger partial charge on any atom is -0.495 e. The third-order valence-corrected chi connectivity index (χ3v) is 11.9. The zero-order valence-corrected chi connectivity index (χ0v) is 34.2. The molecular weight excluding hydrogens is 784 g/mol. The maximum Gasteiger partial charge on any atom is 0.342 e. The molecule has 4 aliphatic heterocycles. The lowest BCUT2D eigenvalue weighted by Crippen LogP contribution is -2.54. The van der Waals surface area contributed by atoms with Gasteiger partial charge in [-0.3, -0.25) is 34.8 Å². The summed E-state index contributed by atoms with van der Waals surface area (Å²) in [5.74, 6) is -5.99. The lowest BCUT2D eigenvalue weighted by molar-refractivity contribution is -0.140. The van der Waals surface area contributed by atoms with E-state index in [0.29, 0.717) is 67.4 Å². The number of hydrazine groups is 1. The fraction of sp³-hybridized carbons (Fsp3) is 0.512. The smallest absolute Gasteiger partial charge is 0.342 e. The average Bonchev–Trinajstić information content (AvgIpc) is 3.29. The van der Waals surface area contributed by atoms with E-state index in [1.54, 1.807) is 44.2 Å². The molecule has 2 aromatic carbocycles. The molecule has 0 spiro atoms. The molecule has 0 aliphatic carbocycles. The Kier molecular flexibility index (Phi) is 12.5. The Bertz CT molecular complexity index is 2110. The highest BCUT2D eigenvalue weighted by atomic mass is 19.3. The quantitative estimate of drug-likeness (QED) is 0.207. The van der Waals surface area contributed by atoms with E-state index in [2.05, 4.69) is 30.9 Å². The van der Waals surface area contributed by atoms with Gasteiger partial charge in [-0.15, -0.1) is 0 Å². The maximum absolute atomic E-state index is 15.2. The Labute approximate surface area is 346 Å². The first-order valence-corrected chi connectivity index (χ1v) is 20.3. The Hall–Kier alpha value is -5.53. The van der Waals surface area contributed by atoms with E-state index in [-0.39, 0.29) is 65.4 Å². The number of aromatic nitrogens is 2. The monoisotopic (exact) mass is 835 g/mol. The van der Waals surface area contributed by atoms with Crippen molar-refractivity contribution < 1.29 is 37.1 Å². The number of imide groups is 1. The fourth-order valence-corrected chi connectivity index (χ4v) is 8.34. The number of alkyl halides is 2. The van der Waals surface area contributed by atoms with Crippen LogP contribution >= 0.6 is 0 Å². The summed E-state index contributed by atoms with van der Waals surface area (Å²) in [7, 11) is 2.73. The van der Waals surface area contributed by atoms with Crippen LogP contribution in [0.3, 0.4) is 0 Å². The molecule has 5 heterocycles. The Morgan fingerprint density at radius 3 is 2.42 bits per heavy atom. The van der Waals surface area contributed by atoms with Crippen LogP contribution in [0.4, 0.5) is 42.0 Å². The van der Waals surface area contributed by atoms with Crippen LogP contribution in [0.25, 0.3) is 0 Å². The number of piperazine rings is 1. The Balaban J connectivity index is 0.883. The average molecular weight is 836 g/mol. The SMILES string of the molecule is COc1cc(C(=O)NN2CCC(C(N)CN3CCN(c4ccc(C5CCC(=O)NC5=O)cc4F)CC3)CC2)ccc1Nc1ncc2c(n1)N(C(C)C)CC(F)(F)C(=O)N2C. The number of anilines is 5. The standard InChI is InChI=1S/C41H52F3N11O5/c1-24(2)55-23-41(43,44)39(59)51(3)33-21-46-40(49-36(33)55)47-31-8-5-27(20-34(31)60-4)37(57)50-54-13-11-25(12-14-54)30(45)22-52-15-17-53(18-16-52)32-9-6-26(19-29(32)42)28-7-10-35(56)48-38(28)58/h5-6,8-9,19-21,24-25,28,30H,7,10-18,22-23,45H2,1-4H3,(H,50,57)(H,46,47,49)(H,48,56,58). The first-order chi connectivity index (χ1) is 28.6. The van der Waals surface area contributed by atoms with Gasteiger partial charge in [-0.05, 0) is 74.9 Å². The highest BCUT2D eigenvalue weighted by Crippen LogP contribution is 2.38. The molecule has 60 heavy (non-hydrogen) atoms. The van der Waals surface area contributed by atoms with Gasteiger partial charge in [-0.2, -0.15) is 13.8 Å². The fourth-order valence-electron chi connectivity index (χ4n) is 8.34. The van der Waals surface area contributed by atoms with Gasteiger partial charge in [0, 0.05) is 76.9 Å². The topological polar surface area (TPSA) is 182 Å². The minimum absolute atomic E-state index is 0.0652. The van der Waals surface area contributed by atoms with Crippen LogP contribution in [0, 0.1) is 11.7 Å². The number of benzene rings is 2. The summed E-state index contributed by atoms with van der Waals surface area (Å²) in [5.41, 5.74) is 11.7. The third kappa shape index (κ3) is 9.12. The number of carbonyl (C=O) groups is 4. The van der Waals surface area contributed by atoms with E-state index >= 15 is 4.39 Å². The number of piperidine rings is 2. The number of nitrogens with one attached hydrogen (secondary N) is 3. The van der Waals surface area contributed by atoms with Crippen LogP contribution in [0.5, 0.6) is 5.75 Å². The van der Waals surface area contributed by atoms with Gasteiger partial charge in [-0.25, -0.2) is 14.4 Å². The van der Waals surface area contributed by atoms with Gasteiger partial charge in [0.25, 0.3) is 11.8 Å². The number of hydrogen-bond donors (Lipinski definition) is 4. The molecule has 0 radical (unpaired) electrons. The number of nitrogens with zero attached hydrogens (tertiary/aromatic N) is 7. The first kappa shape index (κ1) is 42.6. The van der Waals surface area contributed by atoms with E-state index < -0.39 is 24.3 Å². The normalized spacial score (nSPS) is 21.1. The zero-order chi connectivity index (χ0) is 42.9. The van der Waals surface area contributed by atoms with Crippen LogP contribution in [0.2, 0.25) is 0 Å². The van der Waals surface area contributed by atoms with E-state index in [0.717, 1.165) is 30.8 Å². The summed E-state index contributed by atoms with van der Waals surface area (Å²) in [4.78, 5) is 65.0. The number of ether oxygens (including phenoxy) is 1. The van der Waals surface area contributed by atoms with Gasteiger partial charge in [0.15, 0.2) is 5.82 Å². The van der Waals surface area contributed by atoms with E-state index in [1.165, 1.54) is 31.3 Å². The maximum atomic E-state index is 15.2. The van der Waals surface area contributed by atoms with E-state index in [1.807, 2.05) is 9.91 Å². The van der Waals surface area contributed by atoms with Crippen molar-refractivity contribution in [3.05, 3.63) is 59.5 Å². The Morgan fingerprint density at radius 2 is 1.75 bits per heavy atom. The second kappa shape index (κ2) is 17.6. The molecule has 1 aromatic heterocycles. The molecule has 322 valence electrons. The first-order valence-electron chi connectivity index (χ1n) is 20.3. The lowest BCUT2D eigenvalue weighted by Gasteiger charge is -2.40. The lowest BCUT2D eigenvalue weighted by atomic mass is 9.90. The van der Waals surface area contributed by atoms with Crippen molar-refractivity contribution in [3.8, 4) is 5.75 Å².